The van der Waals surface area contributed by atoms with E-state index in [0.717, 1.165) is 16.8 Å². The zero-order valence-electron chi connectivity index (χ0n) is 12.6. The van der Waals surface area contributed by atoms with E-state index in [-0.39, 0.29) is 12.5 Å². The Morgan fingerprint density at radius 3 is 2.59 bits per heavy atom. The van der Waals surface area contributed by atoms with E-state index < -0.39 is 12.1 Å². The molecule has 1 aromatic heterocycles. The van der Waals surface area contributed by atoms with Crippen LogP contribution >= 0.6 is 0 Å². The molecule has 1 amide bonds. The second kappa shape index (κ2) is 6.79. The molecule has 0 spiro atoms. The summed E-state index contributed by atoms with van der Waals surface area (Å²) < 4.78 is 6.29. The molecule has 2 aromatic rings. The highest BCUT2D eigenvalue weighted by Crippen LogP contribution is 2.19. The maximum absolute atomic E-state index is 12.1. The lowest BCUT2D eigenvalue weighted by molar-refractivity contribution is -0.153. The van der Waals surface area contributed by atoms with Gasteiger partial charge in [-0.25, -0.2) is 4.68 Å². The molecule has 0 radical (unpaired) electrons. The van der Waals surface area contributed by atoms with Gasteiger partial charge in [-0.3, -0.25) is 9.59 Å². The lowest BCUT2D eigenvalue weighted by atomic mass is 10.1. The zero-order chi connectivity index (χ0) is 16.1. The molecule has 1 atom stereocenters. The van der Waals surface area contributed by atoms with Crippen LogP contribution in [0.4, 0.5) is 5.69 Å². The highest BCUT2D eigenvalue weighted by molar-refractivity contribution is 5.96. The number of carbonyl (C=O) groups excluding carboxylic acids is 2. The second-order valence-corrected chi connectivity index (χ2v) is 4.90. The van der Waals surface area contributed by atoms with Crippen molar-refractivity contribution in [2.75, 3.05) is 5.32 Å². The largest absolute Gasteiger partial charge is 0.451 e. The fraction of sp³-hybridized carbons (Fsp3) is 0.357. The molecule has 1 aromatic carbocycles. The Kier molecular flexibility index (Phi) is 4.82. The summed E-state index contributed by atoms with van der Waals surface area (Å²) in [6.45, 7) is 5.17. The van der Waals surface area contributed by atoms with E-state index in [9.17, 15) is 9.59 Å². The lowest BCUT2D eigenvalue weighted by Gasteiger charge is -2.16. The third-order valence-corrected chi connectivity index (χ3v) is 3.09. The monoisotopic (exact) mass is 303 g/mol. The van der Waals surface area contributed by atoms with Crippen molar-refractivity contribution in [3.05, 3.63) is 35.7 Å². The highest BCUT2D eigenvalue weighted by Gasteiger charge is 2.19. The van der Waals surface area contributed by atoms with E-state index in [4.69, 9.17) is 4.74 Å². The van der Waals surface area contributed by atoms with Gasteiger partial charge in [-0.2, -0.15) is 0 Å². The number of rotatable bonds is 5. The topological polar surface area (TPSA) is 99.0 Å². The first kappa shape index (κ1) is 15.6. The van der Waals surface area contributed by atoms with Crippen molar-refractivity contribution in [2.24, 2.45) is 0 Å². The van der Waals surface area contributed by atoms with E-state index in [1.165, 1.54) is 17.9 Å². The number of hydrogen-bond acceptors (Lipinski definition) is 6. The van der Waals surface area contributed by atoms with Crippen molar-refractivity contribution >= 4 is 17.6 Å². The molecule has 22 heavy (non-hydrogen) atoms. The summed E-state index contributed by atoms with van der Waals surface area (Å²) in [6, 6.07) is 5.71. The number of nitrogens with one attached hydrogen (secondary N) is 1. The van der Waals surface area contributed by atoms with Gasteiger partial charge >= 0.3 is 5.97 Å². The van der Waals surface area contributed by atoms with Crippen LogP contribution in [0.5, 0.6) is 0 Å². The van der Waals surface area contributed by atoms with Crippen LogP contribution in [0.15, 0.2) is 24.5 Å². The number of anilines is 1. The Morgan fingerprint density at radius 2 is 2.00 bits per heavy atom. The first-order valence-electron chi connectivity index (χ1n) is 6.74. The van der Waals surface area contributed by atoms with Gasteiger partial charge in [-0.05, 0) is 42.3 Å². The highest BCUT2D eigenvalue weighted by atomic mass is 16.5. The van der Waals surface area contributed by atoms with Gasteiger partial charge in [0.1, 0.15) is 12.9 Å². The van der Waals surface area contributed by atoms with Crippen LogP contribution in [-0.2, 0) is 20.9 Å². The quantitative estimate of drug-likeness (QED) is 0.822. The SMILES string of the molecule is Cc1cccc(C)c1NC(=O)[C@H](C)OC(=O)Cn1cnnn1. The van der Waals surface area contributed by atoms with Crippen LogP contribution in [0.1, 0.15) is 18.1 Å². The number of ether oxygens (including phenoxy) is 1. The van der Waals surface area contributed by atoms with Gasteiger partial charge in [0.15, 0.2) is 6.10 Å². The fourth-order valence-electron chi connectivity index (χ4n) is 1.91. The van der Waals surface area contributed by atoms with Gasteiger partial charge in [0.2, 0.25) is 0 Å². The van der Waals surface area contributed by atoms with E-state index in [2.05, 4.69) is 20.8 Å². The van der Waals surface area contributed by atoms with Gasteiger partial charge in [0.25, 0.3) is 5.91 Å². The van der Waals surface area contributed by atoms with Gasteiger partial charge in [-0.1, -0.05) is 18.2 Å². The van der Waals surface area contributed by atoms with E-state index >= 15 is 0 Å². The number of esters is 1. The van der Waals surface area contributed by atoms with Gasteiger partial charge < -0.3 is 10.1 Å². The predicted octanol–water partition coefficient (Wildman–Crippen LogP) is 0.860. The molecule has 0 saturated heterocycles. The Hall–Kier alpha value is -2.77. The van der Waals surface area contributed by atoms with Crippen LogP contribution in [0, 0.1) is 13.8 Å². The molecule has 0 unspecified atom stereocenters. The minimum Gasteiger partial charge on any atom is -0.451 e. The summed E-state index contributed by atoms with van der Waals surface area (Å²) in [4.78, 5) is 23.8. The van der Waals surface area contributed by atoms with E-state index in [1.807, 2.05) is 32.0 Å². The molecule has 8 heteroatoms. The molecule has 1 N–H and O–H groups in total. The molecule has 0 fully saturated rings. The number of hydrogen-bond donors (Lipinski definition) is 1. The maximum Gasteiger partial charge on any atom is 0.328 e. The Morgan fingerprint density at radius 1 is 1.32 bits per heavy atom. The number of benzene rings is 1. The molecule has 2 rings (SSSR count). The average molecular weight is 303 g/mol. The molecular weight excluding hydrogens is 286 g/mol. The van der Waals surface area contributed by atoms with Crippen LogP contribution in [0.25, 0.3) is 0 Å². The van der Waals surface area contributed by atoms with Crippen LogP contribution in [0.2, 0.25) is 0 Å². The normalized spacial score (nSPS) is 11.8. The second-order valence-electron chi connectivity index (χ2n) is 4.90. The third-order valence-electron chi connectivity index (χ3n) is 3.09. The van der Waals surface area contributed by atoms with Crippen LogP contribution in [-0.4, -0.2) is 38.2 Å². The summed E-state index contributed by atoms with van der Waals surface area (Å²) in [5.74, 6) is -0.973. The van der Waals surface area contributed by atoms with Gasteiger partial charge in [-0.15, -0.1) is 5.10 Å². The summed E-state index contributed by atoms with van der Waals surface area (Å²) >= 11 is 0. The van der Waals surface area contributed by atoms with E-state index in [1.54, 1.807) is 0 Å². The molecule has 0 aliphatic rings. The number of para-hydroxylation sites is 1. The molecule has 0 bridgehead atoms. The Bertz CT molecular complexity index is 649. The van der Waals surface area contributed by atoms with Crippen molar-refractivity contribution in [3.8, 4) is 0 Å². The number of carbonyl (C=O) groups is 2. The number of amides is 1. The summed E-state index contributed by atoms with van der Waals surface area (Å²) in [6.07, 6.45) is 0.380. The van der Waals surface area contributed by atoms with Crippen molar-refractivity contribution in [3.63, 3.8) is 0 Å². The third kappa shape index (κ3) is 3.87. The Balaban J connectivity index is 1.93. The smallest absolute Gasteiger partial charge is 0.328 e. The molecule has 0 aliphatic heterocycles. The molecular formula is C14H17N5O3. The van der Waals surface area contributed by atoms with Crippen LogP contribution in [0.3, 0.4) is 0 Å². The van der Waals surface area contributed by atoms with E-state index in [0.29, 0.717) is 0 Å². The van der Waals surface area contributed by atoms with Crippen LogP contribution < -0.4 is 5.32 Å². The van der Waals surface area contributed by atoms with Crippen molar-refractivity contribution < 1.29 is 14.3 Å². The standard InChI is InChI=1S/C14H17N5O3/c1-9-5-4-6-10(2)13(9)16-14(21)11(3)22-12(20)7-19-8-15-17-18-19/h4-6,8,11H,7H2,1-3H3,(H,16,21)/t11-/m0/s1. The van der Waals surface area contributed by atoms with Crippen molar-refractivity contribution in [1.82, 2.24) is 20.2 Å². The Labute approximate surface area is 127 Å². The maximum atomic E-state index is 12.1. The first-order valence-corrected chi connectivity index (χ1v) is 6.74. The minimum atomic E-state index is -0.914. The predicted molar refractivity (Wildman–Crippen MR) is 77.9 cm³/mol. The first-order chi connectivity index (χ1) is 10.5. The lowest BCUT2D eigenvalue weighted by Crippen LogP contribution is -2.31. The van der Waals surface area contributed by atoms with Gasteiger partial charge in [0.05, 0.1) is 0 Å². The number of aryl methyl sites for hydroxylation is 2. The number of nitrogens with zero attached hydrogens (tertiary/aromatic N) is 4. The fourth-order valence-corrected chi connectivity index (χ4v) is 1.91. The molecule has 1 heterocycles. The van der Waals surface area contributed by atoms with Gasteiger partial charge in [0, 0.05) is 5.69 Å². The summed E-state index contributed by atoms with van der Waals surface area (Å²) in [7, 11) is 0. The zero-order valence-corrected chi connectivity index (χ0v) is 12.6. The van der Waals surface area contributed by atoms with Crippen molar-refractivity contribution in [1.29, 1.82) is 0 Å². The summed E-state index contributed by atoms with van der Waals surface area (Å²) in [5.41, 5.74) is 2.62. The number of aromatic nitrogens is 4. The number of tetrazole rings is 1. The molecule has 0 aliphatic carbocycles. The van der Waals surface area contributed by atoms with Crippen molar-refractivity contribution in [2.45, 2.75) is 33.4 Å². The molecule has 0 saturated carbocycles. The average Bonchev–Trinajstić information content (AvgIpc) is 2.95. The molecule has 116 valence electrons. The summed E-state index contributed by atoms with van der Waals surface area (Å²) in [5, 5.41) is 13.2. The minimum absolute atomic E-state index is 0.145. The molecule has 8 nitrogen and oxygen atoms in total.